The fraction of sp³-hybridized carbons (Fsp3) is 0.250. The molecular formula is C20H19Cl2N3O2. The number of hydrogen-bond acceptors (Lipinski definition) is 3. The molecule has 2 amide bonds. The molecule has 140 valence electrons. The smallest absolute Gasteiger partial charge is 0.253 e. The van der Waals surface area contributed by atoms with Crippen LogP contribution in [0.5, 0.6) is 0 Å². The van der Waals surface area contributed by atoms with Crippen molar-refractivity contribution in [1.29, 1.82) is 5.26 Å². The molecule has 0 aliphatic carbocycles. The molecule has 0 unspecified atom stereocenters. The molecule has 0 saturated carbocycles. The van der Waals surface area contributed by atoms with Gasteiger partial charge in [0.15, 0.2) is 0 Å². The Morgan fingerprint density at radius 3 is 2.33 bits per heavy atom. The molecule has 1 atom stereocenters. The summed E-state index contributed by atoms with van der Waals surface area (Å²) in [5, 5.41) is 14.9. The molecule has 2 N–H and O–H groups in total. The molecule has 0 heterocycles. The minimum atomic E-state index is -0.747. The topological polar surface area (TPSA) is 82.0 Å². The second kappa shape index (κ2) is 9.40. The highest BCUT2D eigenvalue weighted by Gasteiger charge is 2.25. The maximum absolute atomic E-state index is 12.6. The molecule has 27 heavy (non-hydrogen) atoms. The van der Waals surface area contributed by atoms with Gasteiger partial charge in [-0.2, -0.15) is 5.26 Å². The number of carbonyl (C=O) groups is 2. The van der Waals surface area contributed by atoms with Crippen LogP contribution >= 0.6 is 23.2 Å². The first-order chi connectivity index (χ1) is 12.8. The van der Waals surface area contributed by atoms with E-state index in [4.69, 9.17) is 28.5 Å². The van der Waals surface area contributed by atoms with E-state index in [9.17, 15) is 9.59 Å². The van der Waals surface area contributed by atoms with Gasteiger partial charge in [0.2, 0.25) is 5.91 Å². The van der Waals surface area contributed by atoms with Gasteiger partial charge in [0.25, 0.3) is 5.91 Å². The summed E-state index contributed by atoms with van der Waals surface area (Å²) in [6, 6.07) is 12.9. The second-order valence-electron chi connectivity index (χ2n) is 6.34. The highest BCUT2D eigenvalue weighted by atomic mass is 35.5. The third kappa shape index (κ3) is 5.72. The number of halogens is 2. The lowest BCUT2D eigenvalue weighted by molar-refractivity contribution is -0.118. The summed E-state index contributed by atoms with van der Waals surface area (Å²) in [7, 11) is 0. The average Bonchev–Trinajstić information content (AvgIpc) is 2.61. The number of hydrogen-bond donors (Lipinski definition) is 2. The van der Waals surface area contributed by atoms with Gasteiger partial charge in [0.1, 0.15) is 6.04 Å². The Morgan fingerprint density at radius 2 is 1.78 bits per heavy atom. The zero-order valence-corrected chi connectivity index (χ0v) is 16.4. The van der Waals surface area contributed by atoms with Crippen LogP contribution in [0.4, 0.5) is 5.69 Å². The summed E-state index contributed by atoms with van der Waals surface area (Å²) in [4.78, 5) is 25.2. The van der Waals surface area contributed by atoms with Gasteiger partial charge < -0.3 is 10.6 Å². The van der Waals surface area contributed by atoms with Crippen molar-refractivity contribution in [3.63, 3.8) is 0 Å². The van der Waals surface area contributed by atoms with E-state index >= 15 is 0 Å². The van der Waals surface area contributed by atoms with E-state index in [1.165, 1.54) is 12.1 Å². The van der Waals surface area contributed by atoms with E-state index in [-0.39, 0.29) is 22.4 Å². The molecule has 7 heteroatoms. The maximum Gasteiger partial charge on any atom is 0.253 e. The molecular weight excluding hydrogens is 385 g/mol. The summed E-state index contributed by atoms with van der Waals surface area (Å²) in [5.74, 6) is -0.927. The highest BCUT2D eigenvalue weighted by Crippen LogP contribution is 2.21. The van der Waals surface area contributed by atoms with Crippen LogP contribution in [0.15, 0.2) is 42.5 Å². The molecule has 0 aliphatic heterocycles. The Kier molecular flexibility index (Phi) is 7.23. The number of amides is 2. The van der Waals surface area contributed by atoms with Gasteiger partial charge in [-0.1, -0.05) is 49.2 Å². The molecule has 2 aromatic rings. The first-order valence-corrected chi connectivity index (χ1v) is 9.10. The summed E-state index contributed by atoms with van der Waals surface area (Å²) in [5.41, 5.74) is 1.70. The lowest BCUT2D eigenvalue weighted by atomic mass is 10.0. The summed E-state index contributed by atoms with van der Waals surface area (Å²) in [6.07, 6.45) is 0.306. The van der Waals surface area contributed by atoms with Gasteiger partial charge in [-0.05, 0) is 41.8 Å². The molecule has 5 nitrogen and oxygen atoms in total. The third-order valence-corrected chi connectivity index (χ3v) is 4.46. The lowest BCUT2D eigenvalue weighted by Gasteiger charge is -2.22. The fourth-order valence-electron chi connectivity index (χ4n) is 2.44. The molecule has 2 aromatic carbocycles. The molecule has 0 saturated heterocycles. The predicted molar refractivity (Wildman–Crippen MR) is 107 cm³/mol. The summed E-state index contributed by atoms with van der Waals surface area (Å²) in [6.45, 7) is 3.67. The van der Waals surface area contributed by atoms with E-state index in [1.54, 1.807) is 30.3 Å². The average molecular weight is 404 g/mol. The molecule has 0 aromatic heterocycles. The van der Waals surface area contributed by atoms with Crippen LogP contribution in [0.2, 0.25) is 10.0 Å². The number of benzene rings is 2. The Balaban J connectivity index is 2.10. The molecule has 0 bridgehead atoms. The van der Waals surface area contributed by atoms with E-state index in [0.717, 1.165) is 5.56 Å². The Hall–Kier alpha value is -2.55. The predicted octanol–water partition coefficient (Wildman–Crippen LogP) is 4.45. The van der Waals surface area contributed by atoms with Crippen molar-refractivity contribution < 1.29 is 9.59 Å². The van der Waals surface area contributed by atoms with Gasteiger partial charge in [-0.25, -0.2) is 0 Å². The zero-order chi connectivity index (χ0) is 20.0. The van der Waals surface area contributed by atoms with E-state index < -0.39 is 11.9 Å². The number of rotatable bonds is 6. The number of nitriles is 1. The minimum Gasteiger partial charge on any atom is -0.340 e. The van der Waals surface area contributed by atoms with Gasteiger partial charge in [0, 0.05) is 10.7 Å². The number of carbonyl (C=O) groups excluding carboxylic acids is 2. The second-order valence-corrected chi connectivity index (χ2v) is 7.18. The van der Waals surface area contributed by atoms with E-state index in [1.807, 2.05) is 13.8 Å². The quantitative estimate of drug-likeness (QED) is 0.746. The van der Waals surface area contributed by atoms with Gasteiger partial charge in [0.05, 0.1) is 23.1 Å². The van der Waals surface area contributed by atoms with Gasteiger partial charge in [-0.15, -0.1) is 0 Å². The Bertz CT molecular complexity index is 874. The molecule has 2 rings (SSSR count). The van der Waals surface area contributed by atoms with Crippen molar-refractivity contribution in [3.8, 4) is 6.07 Å². The highest BCUT2D eigenvalue weighted by molar-refractivity contribution is 6.36. The maximum atomic E-state index is 12.6. The van der Waals surface area contributed by atoms with Crippen LogP contribution in [0.25, 0.3) is 0 Å². The van der Waals surface area contributed by atoms with Crippen molar-refractivity contribution in [1.82, 2.24) is 5.32 Å². The van der Waals surface area contributed by atoms with Crippen LogP contribution in [-0.2, 0) is 11.2 Å². The molecule has 0 fully saturated rings. The number of nitrogens with one attached hydrogen (secondary N) is 2. The van der Waals surface area contributed by atoms with Crippen molar-refractivity contribution in [2.24, 2.45) is 5.92 Å². The van der Waals surface area contributed by atoms with Crippen LogP contribution in [0.1, 0.15) is 29.8 Å². The van der Waals surface area contributed by atoms with Crippen molar-refractivity contribution >= 4 is 40.7 Å². The fourth-order valence-corrected chi connectivity index (χ4v) is 2.94. The van der Waals surface area contributed by atoms with E-state index in [2.05, 4.69) is 16.7 Å². The number of nitrogens with zero attached hydrogens (tertiary/aromatic N) is 1. The zero-order valence-electron chi connectivity index (χ0n) is 14.9. The normalized spacial score (nSPS) is 11.6. The minimum absolute atomic E-state index is 0.141. The van der Waals surface area contributed by atoms with Crippen LogP contribution < -0.4 is 10.6 Å². The van der Waals surface area contributed by atoms with Crippen molar-refractivity contribution in [2.45, 2.75) is 26.3 Å². The standard InChI is InChI=1S/C20H19Cl2N3O2/c1-12(2)18(25-19(26)16-8-5-14(21)11-17(16)22)20(27)24-15-6-3-13(4-7-15)9-10-23/h3-8,11-12,18H,9H2,1-2H3,(H,24,27)(H,25,26)/t18-/m0/s1. The largest absolute Gasteiger partial charge is 0.340 e. The van der Waals surface area contributed by atoms with Crippen molar-refractivity contribution in [3.05, 3.63) is 63.6 Å². The first-order valence-electron chi connectivity index (χ1n) is 8.34. The number of anilines is 1. The van der Waals surface area contributed by atoms with Crippen LogP contribution in [0, 0.1) is 17.2 Å². The van der Waals surface area contributed by atoms with Gasteiger partial charge in [-0.3, -0.25) is 9.59 Å². The molecule has 0 spiro atoms. The monoisotopic (exact) mass is 403 g/mol. The first kappa shape index (κ1) is 20.8. The van der Waals surface area contributed by atoms with Gasteiger partial charge >= 0.3 is 0 Å². The Labute approximate surface area is 168 Å². The molecule has 0 aliphatic rings. The Morgan fingerprint density at radius 1 is 1.11 bits per heavy atom. The lowest BCUT2D eigenvalue weighted by Crippen LogP contribution is -2.47. The SMILES string of the molecule is CC(C)[C@H](NC(=O)c1ccc(Cl)cc1Cl)C(=O)Nc1ccc(CC#N)cc1. The van der Waals surface area contributed by atoms with Crippen molar-refractivity contribution in [2.75, 3.05) is 5.32 Å². The molecule has 0 radical (unpaired) electrons. The van der Waals surface area contributed by atoms with E-state index in [0.29, 0.717) is 17.1 Å². The van der Waals surface area contributed by atoms with Crippen LogP contribution in [0.3, 0.4) is 0 Å². The summed E-state index contributed by atoms with van der Waals surface area (Å²) < 4.78 is 0. The third-order valence-electron chi connectivity index (χ3n) is 3.92. The van der Waals surface area contributed by atoms with Crippen LogP contribution in [-0.4, -0.2) is 17.9 Å². The summed E-state index contributed by atoms with van der Waals surface area (Å²) >= 11 is 11.9.